The first kappa shape index (κ1) is 13.1. The summed E-state index contributed by atoms with van der Waals surface area (Å²) in [6.45, 7) is 3.91. The average Bonchev–Trinajstić information content (AvgIpc) is 2.73. The zero-order chi connectivity index (χ0) is 13.8. The molecule has 0 atom stereocenters. The van der Waals surface area contributed by atoms with E-state index in [1.165, 1.54) is 5.56 Å². The van der Waals surface area contributed by atoms with Gasteiger partial charge in [-0.05, 0) is 31.0 Å². The fraction of sp³-hybridized carbons (Fsp3) is 0.286. The Balaban J connectivity index is 2.08. The fourth-order valence-electron chi connectivity index (χ4n) is 1.84. The minimum absolute atomic E-state index is 0.232. The van der Waals surface area contributed by atoms with Crippen LogP contribution in [0.25, 0.3) is 0 Å². The molecule has 0 unspecified atom stereocenters. The monoisotopic (exact) mass is 258 g/mol. The first-order valence-electron chi connectivity index (χ1n) is 6.32. The molecule has 5 heteroatoms. The molecule has 0 fully saturated rings. The van der Waals surface area contributed by atoms with Gasteiger partial charge >= 0.3 is 0 Å². The highest BCUT2D eigenvalue weighted by Crippen LogP contribution is 2.16. The molecule has 0 radical (unpaired) electrons. The van der Waals surface area contributed by atoms with Crippen molar-refractivity contribution < 1.29 is 4.79 Å². The van der Waals surface area contributed by atoms with Gasteiger partial charge in [-0.3, -0.25) is 9.89 Å². The van der Waals surface area contributed by atoms with Crippen LogP contribution in [-0.4, -0.2) is 16.1 Å². The highest BCUT2D eigenvalue weighted by atomic mass is 16.2. The van der Waals surface area contributed by atoms with Gasteiger partial charge < -0.3 is 11.1 Å². The number of aromatic nitrogens is 2. The van der Waals surface area contributed by atoms with Crippen molar-refractivity contribution in [1.82, 2.24) is 10.2 Å². The number of carbonyl (C=O) groups is 1. The third-order valence-corrected chi connectivity index (χ3v) is 2.96. The molecular weight excluding hydrogens is 240 g/mol. The summed E-state index contributed by atoms with van der Waals surface area (Å²) in [6, 6.07) is 7.80. The van der Waals surface area contributed by atoms with Crippen LogP contribution >= 0.6 is 0 Å². The Hall–Kier alpha value is -2.30. The molecule has 0 aliphatic heterocycles. The lowest BCUT2D eigenvalue weighted by atomic mass is 10.1. The van der Waals surface area contributed by atoms with Crippen molar-refractivity contribution in [2.75, 3.05) is 11.1 Å². The maximum absolute atomic E-state index is 12.0. The summed E-state index contributed by atoms with van der Waals surface area (Å²) in [5, 5.41) is 9.37. The van der Waals surface area contributed by atoms with Crippen LogP contribution in [0.2, 0.25) is 0 Å². The molecule has 2 aromatic rings. The third-order valence-electron chi connectivity index (χ3n) is 2.96. The molecule has 19 heavy (non-hydrogen) atoms. The first-order chi connectivity index (χ1) is 9.11. The van der Waals surface area contributed by atoms with Crippen LogP contribution in [-0.2, 0) is 6.42 Å². The molecule has 0 bridgehead atoms. The first-order valence-corrected chi connectivity index (χ1v) is 6.32. The Morgan fingerprint density at radius 1 is 1.37 bits per heavy atom. The Bertz CT molecular complexity index is 572. The Kier molecular flexibility index (Phi) is 3.85. The number of anilines is 2. The van der Waals surface area contributed by atoms with Gasteiger partial charge in [-0.2, -0.15) is 5.10 Å². The topological polar surface area (TPSA) is 83.8 Å². The van der Waals surface area contributed by atoms with E-state index in [0.717, 1.165) is 18.5 Å². The van der Waals surface area contributed by atoms with E-state index in [9.17, 15) is 4.79 Å². The van der Waals surface area contributed by atoms with Crippen molar-refractivity contribution in [2.24, 2.45) is 0 Å². The van der Waals surface area contributed by atoms with E-state index in [2.05, 4.69) is 22.4 Å². The molecule has 5 nitrogen and oxygen atoms in total. The third kappa shape index (κ3) is 2.93. The lowest BCUT2D eigenvalue weighted by Crippen LogP contribution is -2.14. The molecule has 4 N–H and O–H groups in total. The van der Waals surface area contributed by atoms with Crippen LogP contribution in [0.4, 0.5) is 11.4 Å². The molecule has 0 saturated carbocycles. The second-order valence-electron chi connectivity index (χ2n) is 4.51. The second-order valence-corrected chi connectivity index (χ2v) is 4.51. The Morgan fingerprint density at radius 3 is 2.58 bits per heavy atom. The number of benzene rings is 1. The van der Waals surface area contributed by atoms with Crippen molar-refractivity contribution in [2.45, 2.75) is 26.7 Å². The smallest absolute Gasteiger partial charge is 0.278 e. The minimum atomic E-state index is -0.301. The highest BCUT2D eigenvalue weighted by molar-refractivity contribution is 6.06. The van der Waals surface area contributed by atoms with E-state index < -0.39 is 0 Å². The number of hydrogen-bond donors (Lipinski definition) is 3. The largest absolute Gasteiger partial charge is 0.395 e. The van der Waals surface area contributed by atoms with Crippen LogP contribution < -0.4 is 11.1 Å². The normalized spacial score (nSPS) is 10.4. The number of nitrogen functional groups attached to an aromatic ring is 1. The van der Waals surface area contributed by atoms with Gasteiger partial charge in [0.25, 0.3) is 5.91 Å². The zero-order valence-corrected chi connectivity index (χ0v) is 11.2. The predicted molar refractivity (Wildman–Crippen MR) is 76.1 cm³/mol. The van der Waals surface area contributed by atoms with Crippen molar-refractivity contribution in [3.8, 4) is 0 Å². The number of nitrogens with two attached hydrogens (primary N) is 1. The highest BCUT2D eigenvalue weighted by Gasteiger charge is 2.15. The van der Waals surface area contributed by atoms with Gasteiger partial charge in [0, 0.05) is 5.69 Å². The molecule has 0 aliphatic carbocycles. The van der Waals surface area contributed by atoms with Gasteiger partial charge in [0.15, 0.2) is 5.69 Å². The lowest BCUT2D eigenvalue weighted by molar-refractivity contribution is 0.102. The molecule has 1 aromatic heterocycles. The maximum Gasteiger partial charge on any atom is 0.278 e. The summed E-state index contributed by atoms with van der Waals surface area (Å²) in [7, 11) is 0. The minimum Gasteiger partial charge on any atom is -0.395 e. The Morgan fingerprint density at radius 2 is 2.05 bits per heavy atom. The number of amides is 1. The van der Waals surface area contributed by atoms with E-state index in [1.807, 2.05) is 24.3 Å². The van der Waals surface area contributed by atoms with Gasteiger partial charge in [-0.1, -0.05) is 25.5 Å². The van der Waals surface area contributed by atoms with Gasteiger partial charge in [-0.25, -0.2) is 0 Å². The summed E-state index contributed by atoms with van der Waals surface area (Å²) in [5.74, 6) is -0.301. The second kappa shape index (κ2) is 5.56. The van der Waals surface area contributed by atoms with Crippen molar-refractivity contribution in [3.63, 3.8) is 0 Å². The number of nitrogens with zero attached hydrogens (tertiary/aromatic N) is 1. The molecule has 2 rings (SSSR count). The van der Waals surface area contributed by atoms with Gasteiger partial charge in [0.05, 0.1) is 11.4 Å². The summed E-state index contributed by atoms with van der Waals surface area (Å²) in [5.41, 5.74) is 9.08. The number of H-pyrrole nitrogens is 1. The summed E-state index contributed by atoms with van der Waals surface area (Å²) in [6.07, 6.45) is 2.15. The van der Waals surface area contributed by atoms with Gasteiger partial charge in [0.2, 0.25) is 0 Å². The maximum atomic E-state index is 12.0. The molecular formula is C14H18N4O. The van der Waals surface area contributed by atoms with E-state index in [0.29, 0.717) is 11.4 Å². The van der Waals surface area contributed by atoms with E-state index >= 15 is 0 Å². The summed E-state index contributed by atoms with van der Waals surface area (Å²) in [4.78, 5) is 12.0. The summed E-state index contributed by atoms with van der Waals surface area (Å²) >= 11 is 0. The number of rotatable bonds is 4. The quantitative estimate of drug-likeness (QED) is 0.787. The van der Waals surface area contributed by atoms with Crippen molar-refractivity contribution in [1.29, 1.82) is 0 Å². The molecule has 100 valence electrons. The number of aryl methyl sites for hydroxylation is 2. The van der Waals surface area contributed by atoms with Crippen LogP contribution in [0.5, 0.6) is 0 Å². The predicted octanol–water partition coefficient (Wildman–Crippen LogP) is 2.51. The van der Waals surface area contributed by atoms with Crippen LogP contribution in [0.15, 0.2) is 24.3 Å². The van der Waals surface area contributed by atoms with Crippen molar-refractivity contribution in [3.05, 3.63) is 41.2 Å². The molecule has 1 amide bonds. The molecule has 0 aliphatic rings. The van der Waals surface area contributed by atoms with Gasteiger partial charge in [-0.15, -0.1) is 0 Å². The zero-order valence-electron chi connectivity index (χ0n) is 11.2. The fourth-order valence-corrected chi connectivity index (χ4v) is 1.84. The standard InChI is InChI=1S/C14H18N4O/c1-3-4-10-5-7-11(8-6-10)16-14(19)13-12(15)9(2)17-18-13/h5-8H,3-4,15H2,1-2H3,(H,16,19)(H,17,18). The van der Waals surface area contributed by atoms with Crippen LogP contribution in [0, 0.1) is 6.92 Å². The van der Waals surface area contributed by atoms with E-state index in [4.69, 9.17) is 5.73 Å². The van der Waals surface area contributed by atoms with E-state index in [-0.39, 0.29) is 11.6 Å². The average molecular weight is 258 g/mol. The Labute approximate surface area is 112 Å². The van der Waals surface area contributed by atoms with Crippen LogP contribution in [0.1, 0.15) is 35.1 Å². The van der Waals surface area contributed by atoms with Gasteiger partial charge in [0.1, 0.15) is 0 Å². The number of carbonyl (C=O) groups excluding carboxylic acids is 1. The molecule has 1 heterocycles. The number of aromatic amines is 1. The molecule has 1 aromatic carbocycles. The molecule has 0 saturated heterocycles. The van der Waals surface area contributed by atoms with Crippen LogP contribution in [0.3, 0.4) is 0 Å². The number of nitrogens with one attached hydrogen (secondary N) is 2. The number of hydrogen-bond acceptors (Lipinski definition) is 3. The summed E-state index contributed by atoms with van der Waals surface area (Å²) < 4.78 is 0. The van der Waals surface area contributed by atoms with E-state index in [1.54, 1.807) is 6.92 Å². The van der Waals surface area contributed by atoms with Crippen molar-refractivity contribution >= 4 is 17.3 Å². The molecule has 0 spiro atoms. The lowest BCUT2D eigenvalue weighted by Gasteiger charge is -2.05. The SMILES string of the molecule is CCCc1ccc(NC(=O)c2n[nH]c(C)c2N)cc1.